The molecule has 1 saturated carbocycles. The molecule has 0 radical (unpaired) electrons. The number of carbonyl (C=O) groups is 1. The lowest BCUT2D eigenvalue weighted by Crippen LogP contribution is -2.26. The molecule has 15 heavy (non-hydrogen) atoms. The number of ether oxygens (including phenoxy) is 1. The maximum absolute atomic E-state index is 10.8. The first-order valence-corrected chi connectivity index (χ1v) is 6.07. The third kappa shape index (κ3) is 2.71. The molecule has 0 aromatic heterocycles. The molecule has 2 aliphatic rings. The normalized spacial score (nSPS) is 33.1. The molecule has 0 aromatic rings. The summed E-state index contributed by atoms with van der Waals surface area (Å²) in [5.74, 6) is 1.19. The fourth-order valence-electron chi connectivity index (χ4n) is 3.31. The second-order valence-corrected chi connectivity index (χ2v) is 4.90. The van der Waals surface area contributed by atoms with E-state index in [-0.39, 0.29) is 0 Å². The van der Waals surface area contributed by atoms with Crippen molar-refractivity contribution in [1.29, 1.82) is 0 Å². The van der Waals surface area contributed by atoms with Crippen LogP contribution in [0, 0.1) is 17.8 Å². The summed E-state index contributed by atoms with van der Waals surface area (Å²) in [6.45, 7) is 1.75. The highest BCUT2D eigenvalue weighted by Crippen LogP contribution is 2.42. The molecule has 2 atom stereocenters. The van der Waals surface area contributed by atoms with Gasteiger partial charge in [0.25, 0.3) is 0 Å². The lowest BCUT2D eigenvalue weighted by Gasteiger charge is -2.31. The summed E-state index contributed by atoms with van der Waals surface area (Å²) in [4.78, 5) is 10.8. The first kappa shape index (κ1) is 10.9. The van der Waals surface area contributed by atoms with Gasteiger partial charge in [-0.25, -0.2) is 0 Å². The van der Waals surface area contributed by atoms with Crippen LogP contribution in [0.4, 0.5) is 0 Å². The number of rotatable bonds is 3. The lowest BCUT2D eigenvalue weighted by atomic mass is 9.78. The van der Waals surface area contributed by atoms with Crippen LogP contribution in [0.1, 0.15) is 38.5 Å². The van der Waals surface area contributed by atoms with Crippen LogP contribution in [0.5, 0.6) is 0 Å². The molecule has 1 saturated heterocycles. The van der Waals surface area contributed by atoms with E-state index >= 15 is 0 Å². The van der Waals surface area contributed by atoms with Crippen molar-refractivity contribution in [3.05, 3.63) is 0 Å². The van der Waals surface area contributed by atoms with Gasteiger partial charge < -0.3 is 9.84 Å². The van der Waals surface area contributed by atoms with Crippen LogP contribution in [0.3, 0.4) is 0 Å². The van der Waals surface area contributed by atoms with Gasteiger partial charge in [0.2, 0.25) is 0 Å². The van der Waals surface area contributed by atoms with Gasteiger partial charge in [-0.1, -0.05) is 6.42 Å². The molecule has 0 amide bonds. The lowest BCUT2D eigenvalue weighted by molar-refractivity contribution is -0.138. The summed E-state index contributed by atoms with van der Waals surface area (Å²) < 4.78 is 5.36. The van der Waals surface area contributed by atoms with Crippen LogP contribution in [0.2, 0.25) is 0 Å². The molecule has 3 heteroatoms. The summed E-state index contributed by atoms with van der Waals surface area (Å²) in [7, 11) is 0. The van der Waals surface area contributed by atoms with Crippen LogP contribution in [0.15, 0.2) is 0 Å². The zero-order valence-electron chi connectivity index (χ0n) is 9.15. The smallest absolute Gasteiger partial charge is 0.303 e. The van der Waals surface area contributed by atoms with E-state index in [1.165, 1.54) is 12.8 Å². The first-order valence-electron chi connectivity index (χ1n) is 6.07. The van der Waals surface area contributed by atoms with E-state index in [9.17, 15) is 4.79 Å². The second-order valence-electron chi connectivity index (χ2n) is 4.90. The molecule has 3 nitrogen and oxygen atoms in total. The Morgan fingerprint density at radius 3 is 2.60 bits per heavy atom. The van der Waals surface area contributed by atoms with Crippen molar-refractivity contribution in [2.75, 3.05) is 13.2 Å². The van der Waals surface area contributed by atoms with E-state index in [0.717, 1.165) is 38.4 Å². The molecule has 2 fully saturated rings. The van der Waals surface area contributed by atoms with Crippen molar-refractivity contribution in [1.82, 2.24) is 0 Å². The van der Waals surface area contributed by atoms with Crippen LogP contribution in [-0.4, -0.2) is 24.3 Å². The van der Waals surface area contributed by atoms with Crippen molar-refractivity contribution in [3.63, 3.8) is 0 Å². The van der Waals surface area contributed by atoms with E-state index in [1.807, 2.05) is 0 Å². The third-order valence-electron chi connectivity index (χ3n) is 4.03. The highest BCUT2D eigenvalue weighted by atomic mass is 16.5. The van der Waals surface area contributed by atoms with Crippen molar-refractivity contribution in [2.45, 2.75) is 38.5 Å². The molecule has 0 bridgehead atoms. The quantitative estimate of drug-likeness (QED) is 0.780. The van der Waals surface area contributed by atoms with Crippen LogP contribution >= 0.6 is 0 Å². The highest BCUT2D eigenvalue weighted by molar-refractivity contribution is 5.67. The number of carboxylic acids is 1. The molecule has 2 rings (SSSR count). The molecule has 86 valence electrons. The maximum atomic E-state index is 10.8. The van der Waals surface area contributed by atoms with Gasteiger partial charge in [0.1, 0.15) is 0 Å². The van der Waals surface area contributed by atoms with Crippen molar-refractivity contribution < 1.29 is 14.6 Å². The van der Waals surface area contributed by atoms with Gasteiger partial charge in [-0.3, -0.25) is 4.79 Å². The Balaban J connectivity index is 1.91. The van der Waals surface area contributed by atoms with Crippen molar-refractivity contribution in [2.24, 2.45) is 17.8 Å². The van der Waals surface area contributed by atoms with Crippen LogP contribution < -0.4 is 0 Å². The average molecular weight is 212 g/mol. The third-order valence-corrected chi connectivity index (χ3v) is 4.03. The molecule has 1 heterocycles. The Hall–Kier alpha value is -0.570. The molecule has 1 N–H and O–H groups in total. The Morgan fingerprint density at radius 2 is 1.93 bits per heavy atom. The molecular weight excluding hydrogens is 192 g/mol. The second kappa shape index (κ2) is 4.97. The summed E-state index contributed by atoms with van der Waals surface area (Å²) >= 11 is 0. The standard InChI is InChI=1S/C12H20O3/c13-12(14)8-10-2-1-3-11(10)9-4-6-15-7-5-9/h9-11H,1-8H2,(H,13,14). The predicted molar refractivity (Wildman–Crippen MR) is 56.6 cm³/mol. The van der Waals surface area contributed by atoms with Gasteiger partial charge in [0, 0.05) is 19.6 Å². The van der Waals surface area contributed by atoms with Gasteiger partial charge in [0.05, 0.1) is 0 Å². The number of aliphatic carboxylic acids is 1. The fourth-order valence-corrected chi connectivity index (χ4v) is 3.31. The predicted octanol–water partition coefficient (Wildman–Crippen LogP) is 2.30. The number of hydrogen-bond acceptors (Lipinski definition) is 2. The van der Waals surface area contributed by atoms with E-state index in [0.29, 0.717) is 18.3 Å². The summed E-state index contributed by atoms with van der Waals surface area (Å²) in [5.41, 5.74) is 0. The minimum absolute atomic E-state index is 0.377. The van der Waals surface area contributed by atoms with E-state index in [2.05, 4.69) is 0 Å². The fraction of sp³-hybridized carbons (Fsp3) is 0.917. The highest BCUT2D eigenvalue weighted by Gasteiger charge is 2.35. The van der Waals surface area contributed by atoms with Crippen LogP contribution in [0.25, 0.3) is 0 Å². The van der Waals surface area contributed by atoms with E-state index in [1.54, 1.807) is 0 Å². The van der Waals surface area contributed by atoms with Gasteiger partial charge in [-0.2, -0.15) is 0 Å². The van der Waals surface area contributed by atoms with Gasteiger partial charge >= 0.3 is 5.97 Å². The topological polar surface area (TPSA) is 46.5 Å². The van der Waals surface area contributed by atoms with Crippen molar-refractivity contribution in [3.8, 4) is 0 Å². The van der Waals surface area contributed by atoms with Crippen molar-refractivity contribution >= 4 is 5.97 Å². The SMILES string of the molecule is O=C(O)CC1CCCC1C1CCOCC1. The number of carboxylic acid groups (broad SMARTS) is 1. The monoisotopic (exact) mass is 212 g/mol. The maximum Gasteiger partial charge on any atom is 0.303 e. The van der Waals surface area contributed by atoms with Gasteiger partial charge in [-0.05, 0) is 43.4 Å². The van der Waals surface area contributed by atoms with E-state index < -0.39 is 5.97 Å². The average Bonchev–Trinajstić information content (AvgIpc) is 2.66. The molecule has 1 aliphatic carbocycles. The van der Waals surface area contributed by atoms with Gasteiger partial charge in [-0.15, -0.1) is 0 Å². The summed E-state index contributed by atoms with van der Waals surface area (Å²) in [5, 5.41) is 8.87. The van der Waals surface area contributed by atoms with E-state index in [4.69, 9.17) is 9.84 Å². The minimum atomic E-state index is -0.626. The Kier molecular flexibility index (Phi) is 3.62. The first-order chi connectivity index (χ1) is 7.27. The minimum Gasteiger partial charge on any atom is -0.481 e. The summed E-state index contributed by atoms with van der Waals surface area (Å²) in [6.07, 6.45) is 6.24. The Bertz CT molecular complexity index is 221. The molecule has 1 aliphatic heterocycles. The Labute approximate surface area is 90.8 Å². The molecule has 0 aromatic carbocycles. The van der Waals surface area contributed by atoms with Crippen LogP contribution in [-0.2, 0) is 9.53 Å². The zero-order chi connectivity index (χ0) is 10.7. The largest absolute Gasteiger partial charge is 0.481 e. The summed E-state index contributed by atoms with van der Waals surface area (Å²) in [6, 6.07) is 0. The molecule has 0 spiro atoms. The molecule has 2 unspecified atom stereocenters. The zero-order valence-corrected chi connectivity index (χ0v) is 9.15. The Morgan fingerprint density at radius 1 is 1.20 bits per heavy atom. The van der Waals surface area contributed by atoms with Gasteiger partial charge in [0.15, 0.2) is 0 Å². The number of hydrogen-bond donors (Lipinski definition) is 1. The molecular formula is C12H20O3.